The third-order valence-electron chi connectivity index (χ3n) is 6.90. The predicted molar refractivity (Wildman–Crippen MR) is 121 cm³/mol. The van der Waals surface area contributed by atoms with Crippen LogP contribution >= 0.6 is 0 Å². The van der Waals surface area contributed by atoms with E-state index in [2.05, 4.69) is 0 Å². The Balaban J connectivity index is 1.85. The van der Waals surface area contributed by atoms with Crippen molar-refractivity contribution in [2.24, 2.45) is 11.3 Å². The first kappa shape index (κ1) is 22.2. The number of carboxylic acid groups (broad SMARTS) is 1. The number of carbonyl (C=O) groups excluding carboxylic acids is 1. The Morgan fingerprint density at radius 2 is 1.72 bits per heavy atom. The fraction of sp³-hybridized carbons (Fsp3) is 0.462. The van der Waals surface area contributed by atoms with Gasteiger partial charge in [-0.05, 0) is 48.4 Å². The Morgan fingerprint density at radius 3 is 2.28 bits per heavy atom. The molecule has 0 radical (unpaired) electrons. The molecule has 0 spiro atoms. The number of aryl methyl sites for hydroxylation is 1. The van der Waals surface area contributed by atoms with Gasteiger partial charge < -0.3 is 19.3 Å². The molecule has 4 rings (SSSR count). The molecule has 0 aliphatic heterocycles. The molecule has 1 atom stereocenters. The highest BCUT2D eigenvalue weighted by molar-refractivity contribution is 6.01. The van der Waals surface area contributed by atoms with Crippen LogP contribution in [0.2, 0.25) is 0 Å². The largest absolute Gasteiger partial charge is 0.493 e. The molecule has 2 aliphatic carbocycles. The molecule has 1 saturated carbocycles. The molecule has 0 aromatic heterocycles. The molecule has 2 aromatic rings. The molecule has 6 heteroatoms. The van der Waals surface area contributed by atoms with Crippen molar-refractivity contribution in [3.05, 3.63) is 41.5 Å². The number of benzene rings is 2. The molecule has 0 heterocycles. The van der Waals surface area contributed by atoms with E-state index >= 15 is 0 Å². The number of fused-ring (bicyclic) bond motifs is 1. The van der Waals surface area contributed by atoms with Gasteiger partial charge in [-0.15, -0.1) is 0 Å². The van der Waals surface area contributed by atoms with Crippen molar-refractivity contribution in [2.75, 3.05) is 14.2 Å². The van der Waals surface area contributed by atoms with Crippen LogP contribution in [0.3, 0.4) is 0 Å². The Morgan fingerprint density at radius 1 is 1.00 bits per heavy atom. The fourth-order valence-electron chi connectivity index (χ4n) is 5.06. The molecule has 2 aromatic carbocycles. The molecule has 0 bridgehead atoms. The van der Waals surface area contributed by atoms with Crippen molar-refractivity contribution < 1.29 is 28.9 Å². The first-order valence-electron chi connectivity index (χ1n) is 11.1. The lowest BCUT2D eigenvalue weighted by molar-refractivity contribution is -0.166. The van der Waals surface area contributed by atoms with E-state index in [1.807, 2.05) is 44.2 Å². The first-order valence-corrected chi connectivity index (χ1v) is 11.1. The van der Waals surface area contributed by atoms with Gasteiger partial charge >= 0.3 is 5.97 Å². The van der Waals surface area contributed by atoms with E-state index in [9.17, 15) is 14.7 Å². The van der Waals surface area contributed by atoms with Crippen LogP contribution in [-0.4, -0.2) is 37.2 Å². The second-order valence-corrected chi connectivity index (χ2v) is 9.07. The van der Waals surface area contributed by atoms with E-state index in [0.29, 0.717) is 36.5 Å². The average Bonchev–Trinajstić information content (AvgIpc) is 3.11. The van der Waals surface area contributed by atoms with Crippen molar-refractivity contribution >= 4 is 11.8 Å². The van der Waals surface area contributed by atoms with Gasteiger partial charge in [0.1, 0.15) is 11.5 Å². The molecule has 1 unspecified atom stereocenters. The van der Waals surface area contributed by atoms with Crippen LogP contribution in [0.5, 0.6) is 17.2 Å². The van der Waals surface area contributed by atoms with Gasteiger partial charge in [0.15, 0.2) is 17.3 Å². The maximum absolute atomic E-state index is 12.3. The van der Waals surface area contributed by atoms with Crippen molar-refractivity contribution in [3.8, 4) is 28.4 Å². The van der Waals surface area contributed by atoms with E-state index in [-0.39, 0.29) is 11.7 Å². The van der Waals surface area contributed by atoms with Crippen LogP contribution in [0, 0.1) is 11.3 Å². The van der Waals surface area contributed by atoms with E-state index in [0.717, 1.165) is 35.1 Å². The van der Waals surface area contributed by atoms with Crippen molar-refractivity contribution in [3.63, 3.8) is 0 Å². The maximum atomic E-state index is 12.3. The summed E-state index contributed by atoms with van der Waals surface area (Å²) in [6.45, 7) is 3.97. The standard InChI is InChI=1S/C26H30O6/c1-15(2)24(26(25(28)29)12-5-13-26)32-22-19(9-11-21(30-3)23(22)31-4)17-6-8-18-16(14-17)7-10-20(18)27/h6,8-9,11,14-15,24H,5,7,10,12-13H2,1-4H3,(H,28,29). The molecular weight excluding hydrogens is 408 g/mol. The number of ketones is 1. The number of Topliss-reactive ketones (excluding diaryl/α,β-unsaturated/α-hetero) is 1. The number of carbonyl (C=O) groups is 2. The SMILES string of the molecule is COc1ccc(-c2ccc3c(c2)CCC3=O)c(OC(C(C)C)C2(C(=O)O)CCC2)c1OC. The molecule has 170 valence electrons. The van der Waals surface area contributed by atoms with E-state index in [4.69, 9.17) is 14.2 Å². The third-order valence-corrected chi connectivity index (χ3v) is 6.90. The van der Waals surface area contributed by atoms with Gasteiger partial charge in [-0.1, -0.05) is 38.5 Å². The summed E-state index contributed by atoms with van der Waals surface area (Å²) < 4.78 is 17.8. The zero-order valence-electron chi connectivity index (χ0n) is 19.1. The van der Waals surface area contributed by atoms with E-state index < -0.39 is 17.5 Å². The number of rotatable bonds is 8. The van der Waals surface area contributed by atoms with Crippen LogP contribution in [0.1, 0.15) is 55.5 Å². The molecule has 0 saturated heterocycles. The van der Waals surface area contributed by atoms with Crippen molar-refractivity contribution in [1.82, 2.24) is 0 Å². The third kappa shape index (κ3) is 3.51. The number of carboxylic acids is 1. The van der Waals surface area contributed by atoms with Crippen LogP contribution in [0.15, 0.2) is 30.3 Å². The number of hydrogen-bond donors (Lipinski definition) is 1. The van der Waals surface area contributed by atoms with E-state index in [1.165, 1.54) is 0 Å². The Hall–Kier alpha value is -3.02. The smallest absolute Gasteiger partial charge is 0.313 e. The fourth-order valence-corrected chi connectivity index (χ4v) is 5.06. The first-order chi connectivity index (χ1) is 15.3. The quantitative estimate of drug-likeness (QED) is 0.613. The number of methoxy groups -OCH3 is 2. The Kier molecular flexibility index (Phi) is 5.89. The lowest BCUT2D eigenvalue weighted by atomic mass is 9.62. The second kappa shape index (κ2) is 8.49. The summed E-state index contributed by atoms with van der Waals surface area (Å²) in [7, 11) is 3.11. The van der Waals surface area contributed by atoms with Crippen molar-refractivity contribution in [2.45, 2.75) is 52.1 Å². The van der Waals surface area contributed by atoms with Gasteiger partial charge in [0, 0.05) is 17.5 Å². The van der Waals surface area contributed by atoms with Crippen LogP contribution in [-0.2, 0) is 11.2 Å². The summed E-state index contributed by atoms with van der Waals surface area (Å²) >= 11 is 0. The maximum Gasteiger partial charge on any atom is 0.313 e. The predicted octanol–water partition coefficient (Wildman–Crippen LogP) is 5.16. The Bertz CT molecular complexity index is 1050. The van der Waals surface area contributed by atoms with Gasteiger partial charge in [-0.25, -0.2) is 0 Å². The number of ether oxygens (including phenoxy) is 3. The zero-order chi connectivity index (χ0) is 23.0. The minimum absolute atomic E-state index is 0.0206. The molecule has 6 nitrogen and oxygen atoms in total. The molecule has 2 aliphatic rings. The summed E-state index contributed by atoms with van der Waals surface area (Å²) in [4.78, 5) is 24.3. The molecule has 0 amide bonds. The highest BCUT2D eigenvalue weighted by Crippen LogP contribution is 2.51. The molecule has 1 fully saturated rings. The summed E-state index contributed by atoms with van der Waals surface area (Å²) in [6, 6.07) is 9.53. The second-order valence-electron chi connectivity index (χ2n) is 9.07. The lowest BCUT2D eigenvalue weighted by Gasteiger charge is -2.45. The minimum atomic E-state index is -0.913. The number of hydrogen-bond acceptors (Lipinski definition) is 5. The van der Waals surface area contributed by atoms with Gasteiger partial charge in [0.25, 0.3) is 0 Å². The summed E-state index contributed by atoms with van der Waals surface area (Å²) in [5.74, 6) is 0.760. The topological polar surface area (TPSA) is 82.1 Å². The summed E-state index contributed by atoms with van der Waals surface area (Å²) in [5.41, 5.74) is 2.57. The summed E-state index contributed by atoms with van der Waals surface area (Å²) in [6.07, 6.45) is 2.79. The molecular formula is C26H30O6. The van der Waals surface area contributed by atoms with Gasteiger partial charge in [-0.3, -0.25) is 9.59 Å². The minimum Gasteiger partial charge on any atom is -0.493 e. The van der Waals surface area contributed by atoms with Gasteiger partial charge in [0.05, 0.1) is 14.2 Å². The normalized spacial score (nSPS) is 17.5. The highest BCUT2D eigenvalue weighted by Gasteiger charge is 2.53. The van der Waals surface area contributed by atoms with Crippen LogP contribution in [0.4, 0.5) is 0 Å². The Labute approximate surface area is 188 Å². The van der Waals surface area contributed by atoms with Gasteiger partial charge in [-0.2, -0.15) is 0 Å². The van der Waals surface area contributed by atoms with Crippen molar-refractivity contribution in [1.29, 1.82) is 0 Å². The number of aliphatic carboxylic acids is 1. The summed E-state index contributed by atoms with van der Waals surface area (Å²) in [5, 5.41) is 10.1. The van der Waals surface area contributed by atoms with Crippen LogP contribution in [0.25, 0.3) is 11.1 Å². The monoisotopic (exact) mass is 438 g/mol. The lowest BCUT2D eigenvalue weighted by Crippen LogP contribution is -2.52. The highest BCUT2D eigenvalue weighted by atomic mass is 16.5. The molecule has 32 heavy (non-hydrogen) atoms. The van der Waals surface area contributed by atoms with Gasteiger partial charge in [0.2, 0.25) is 5.75 Å². The zero-order valence-corrected chi connectivity index (χ0v) is 19.1. The average molecular weight is 439 g/mol. The van der Waals surface area contributed by atoms with E-state index in [1.54, 1.807) is 14.2 Å². The van der Waals surface area contributed by atoms with Crippen LogP contribution < -0.4 is 14.2 Å². The molecule has 1 N–H and O–H groups in total.